The van der Waals surface area contributed by atoms with E-state index in [0.717, 1.165) is 50.7 Å². The first-order chi connectivity index (χ1) is 28.3. The number of phenols is 5. The van der Waals surface area contributed by atoms with E-state index in [4.69, 9.17) is 25.5 Å². The molecule has 0 heterocycles. The summed E-state index contributed by atoms with van der Waals surface area (Å²) in [6, 6.07) is 12.8. The van der Waals surface area contributed by atoms with Crippen molar-refractivity contribution in [2.24, 2.45) is 0 Å². The summed E-state index contributed by atoms with van der Waals surface area (Å²) in [4.78, 5) is 0. The standard InChI is InChI=1S/C11H14F2O.C10H12F2O.C9H10F2O.C8H8F2O.C7H6F2O/c1-2-3-4-5-8-6-7-9(14)11(13)10(8)12;1-2-3-4-7-5-6-8(13)10(12)9(7)11;1-2-3-6-4-5-7(12)9(11)8(6)10;1-2-5-3-4-6(11)8(10)7(5)9;1-4-2-3-5(10)7(9)6(4)8/h6-7,14H,2-5H2,1H3;5-6,13H,2-4H2,1H3;4-5,12H,2-3H2,1H3;3-4,11H,2H2,1H3;2-3,10H,1H3. The van der Waals surface area contributed by atoms with Gasteiger partial charge in [-0.25, -0.2) is 22.0 Å². The van der Waals surface area contributed by atoms with Crippen molar-refractivity contribution >= 4 is 0 Å². The molecule has 0 saturated heterocycles. The quantitative estimate of drug-likeness (QED) is 0.0711. The monoisotopic (exact) mass is 860 g/mol. The molecule has 0 spiro atoms. The van der Waals surface area contributed by atoms with Crippen molar-refractivity contribution in [1.29, 1.82) is 0 Å². The van der Waals surface area contributed by atoms with Gasteiger partial charge in [-0.3, -0.25) is 0 Å². The van der Waals surface area contributed by atoms with Crippen LogP contribution in [0.1, 0.15) is 94.0 Å². The zero-order valence-corrected chi connectivity index (χ0v) is 33.9. The molecule has 0 saturated carbocycles. The second-order valence-electron chi connectivity index (χ2n) is 13.2. The molecular formula is C45H50F10O5. The lowest BCUT2D eigenvalue weighted by molar-refractivity contribution is 0.403. The number of phenolic OH excluding ortho intramolecular Hbond substituents is 5. The number of aryl methyl sites for hydroxylation is 5. The topological polar surface area (TPSA) is 101 Å². The molecule has 5 N–H and O–H groups in total. The molecule has 0 unspecified atom stereocenters. The van der Waals surface area contributed by atoms with Gasteiger partial charge in [0.1, 0.15) is 0 Å². The molecule has 0 atom stereocenters. The van der Waals surface area contributed by atoms with E-state index in [1.54, 1.807) is 6.92 Å². The van der Waals surface area contributed by atoms with Crippen molar-refractivity contribution in [1.82, 2.24) is 0 Å². The Morgan fingerprint density at radius 2 is 0.617 bits per heavy atom. The zero-order valence-electron chi connectivity index (χ0n) is 33.9. The van der Waals surface area contributed by atoms with E-state index in [9.17, 15) is 43.9 Å². The predicted octanol–water partition coefficient (Wildman–Crippen LogP) is 13.3. The van der Waals surface area contributed by atoms with Crippen LogP contribution in [0.3, 0.4) is 0 Å². The van der Waals surface area contributed by atoms with Gasteiger partial charge in [0.15, 0.2) is 57.8 Å². The summed E-state index contributed by atoms with van der Waals surface area (Å²) in [5.41, 5.74) is 1.45. The van der Waals surface area contributed by atoms with E-state index in [2.05, 4.69) is 0 Å². The highest BCUT2D eigenvalue weighted by atomic mass is 19.2. The Kier molecular flexibility index (Phi) is 23.1. The van der Waals surface area contributed by atoms with Crippen LogP contribution in [-0.2, 0) is 25.7 Å². The minimum atomic E-state index is -1.18. The molecule has 0 aliphatic rings. The summed E-state index contributed by atoms with van der Waals surface area (Å²) < 4.78 is 128. The lowest BCUT2D eigenvalue weighted by Crippen LogP contribution is -1.94. The second-order valence-corrected chi connectivity index (χ2v) is 13.2. The van der Waals surface area contributed by atoms with Gasteiger partial charge in [-0.15, -0.1) is 0 Å². The zero-order chi connectivity index (χ0) is 45.7. The number of hydrogen-bond donors (Lipinski definition) is 5. The van der Waals surface area contributed by atoms with Crippen LogP contribution in [0, 0.1) is 65.1 Å². The fourth-order valence-corrected chi connectivity index (χ4v) is 5.01. The number of halogens is 10. The van der Waals surface area contributed by atoms with Gasteiger partial charge >= 0.3 is 0 Å². The molecule has 0 bridgehead atoms. The highest BCUT2D eigenvalue weighted by Crippen LogP contribution is 2.25. The van der Waals surface area contributed by atoms with E-state index >= 15 is 0 Å². The van der Waals surface area contributed by atoms with E-state index in [0.29, 0.717) is 42.4 Å². The number of benzene rings is 5. The minimum absolute atomic E-state index is 0.190. The molecule has 0 fully saturated rings. The van der Waals surface area contributed by atoms with E-state index < -0.39 is 86.9 Å². The molecule has 5 nitrogen and oxygen atoms in total. The number of hydrogen-bond acceptors (Lipinski definition) is 5. The van der Waals surface area contributed by atoms with Gasteiger partial charge < -0.3 is 25.5 Å². The molecule has 0 amide bonds. The first-order valence-electron chi connectivity index (χ1n) is 19.1. The third-order valence-electron chi connectivity index (χ3n) is 8.57. The van der Waals surface area contributed by atoms with Gasteiger partial charge in [-0.05, 0) is 104 Å². The molecule has 15 heteroatoms. The predicted molar refractivity (Wildman–Crippen MR) is 210 cm³/mol. The third kappa shape index (κ3) is 15.9. The first kappa shape index (κ1) is 52.4. The Labute approximate surface area is 343 Å². The lowest BCUT2D eigenvalue weighted by atomic mass is 10.1. The van der Waals surface area contributed by atoms with Crippen molar-refractivity contribution in [3.63, 3.8) is 0 Å². The van der Waals surface area contributed by atoms with Crippen molar-refractivity contribution < 1.29 is 69.4 Å². The number of rotatable bonds is 10. The lowest BCUT2D eigenvalue weighted by Gasteiger charge is -2.04. The van der Waals surface area contributed by atoms with Gasteiger partial charge in [0.2, 0.25) is 29.1 Å². The summed E-state index contributed by atoms with van der Waals surface area (Å²) in [6.45, 7) is 9.05. The highest BCUT2D eigenvalue weighted by molar-refractivity contribution is 5.32. The number of unbranched alkanes of at least 4 members (excludes halogenated alkanes) is 3. The molecule has 5 rings (SSSR count). The maximum Gasteiger partial charge on any atom is 0.200 e. The molecule has 0 aliphatic heterocycles. The second kappa shape index (κ2) is 26.5. The largest absolute Gasteiger partial charge is 0.505 e. The summed E-state index contributed by atoms with van der Waals surface area (Å²) in [5, 5.41) is 43.8. The molecular weight excluding hydrogens is 810 g/mol. The molecule has 0 radical (unpaired) electrons. The fourth-order valence-electron chi connectivity index (χ4n) is 5.01. The summed E-state index contributed by atoms with van der Waals surface area (Å²) in [5.74, 6) is -13.7. The van der Waals surface area contributed by atoms with Crippen molar-refractivity contribution in [2.75, 3.05) is 0 Å². The van der Waals surface area contributed by atoms with Crippen LogP contribution in [0.2, 0.25) is 0 Å². The first-order valence-corrected chi connectivity index (χ1v) is 19.1. The van der Waals surface area contributed by atoms with Crippen molar-refractivity contribution in [3.8, 4) is 28.7 Å². The van der Waals surface area contributed by atoms with Crippen LogP contribution in [0.4, 0.5) is 43.9 Å². The average molecular weight is 861 g/mol. The molecule has 5 aromatic rings. The Morgan fingerprint density at radius 1 is 0.317 bits per heavy atom. The average Bonchev–Trinajstić information content (AvgIpc) is 3.23. The van der Waals surface area contributed by atoms with E-state index in [1.807, 2.05) is 20.8 Å². The third-order valence-corrected chi connectivity index (χ3v) is 8.57. The van der Waals surface area contributed by atoms with Crippen LogP contribution in [-0.4, -0.2) is 25.5 Å². The maximum absolute atomic E-state index is 13.2. The Hall–Kier alpha value is -5.60. The molecule has 0 aliphatic carbocycles. The van der Waals surface area contributed by atoms with Crippen LogP contribution in [0.25, 0.3) is 0 Å². The van der Waals surface area contributed by atoms with Gasteiger partial charge in [0.05, 0.1) is 0 Å². The molecule has 0 aromatic heterocycles. The van der Waals surface area contributed by atoms with Gasteiger partial charge in [0, 0.05) is 0 Å². The van der Waals surface area contributed by atoms with Gasteiger partial charge in [-0.1, -0.05) is 83.7 Å². The van der Waals surface area contributed by atoms with Crippen LogP contribution in [0.15, 0.2) is 60.7 Å². The summed E-state index contributed by atoms with van der Waals surface area (Å²) in [7, 11) is 0. The normalized spacial score (nSPS) is 10.2. The van der Waals surface area contributed by atoms with Crippen LogP contribution < -0.4 is 0 Å². The van der Waals surface area contributed by atoms with Crippen LogP contribution in [0.5, 0.6) is 28.7 Å². The molecule has 5 aromatic carbocycles. The minimum Gasteiger partial charge on any atom is -0.505 e. The SMILES string of the molecule is CCCCCc1ccc(O)c(F)c1F.CCCCc1ccc(O)c(F)c1F.CCCc1ccc(O)c(F)c1F.CCc1ccc(O)c(F)c1F.Cc1ccc(O)c(F)c1F. The molecule has 330 valence electrons. The molecule has 60 heavy (non-hydrogen) atoms. The van der Waals surface area contributed by atoms with Crippen molar-refractivity contribution in [2.45, 2.75) is 98.8 Å². The van der Waals surface area contributed by atoms with Gasteiger partial charge in [-0.2, -0.15) is 22.0 Å². The Balaban J connectivity index is 0.000000377. The maximum atomic E-state index is 13.2. The van der Waals surface area contributed by atoms with Crippen LogP contribution >= 0.6 is 0 Å². The highest BCUT2D eigenvalue weighted by Gasteiger charge is 2.14. The van der Waals surface area contributed by atoms with Gasteiger partial charge in [0.25, 0.3) is 0 Å². The summed E-state index contributed by atoms with van der Waals surface area (Å²) >= 11 is 0. The fraction of sp³-hybridized carbons (Fsp3) is 0.333. The Bertz CT molecular complexity index is 2080. The van der Waals surface area contributed by atoms with E-state index in [1.165, 1.54) is 55.5 Å². The van der Waals surface area contributed by atoms with Crippen molar-refractivity contribution in [3.05, 3.63) is 147 Å². The summed E-state index contributed by atoms with van der Waals surface area (Å²) in [6.07, 6.45) is 7.34. The number of aromatic hydroxyl groups is 5. The van der Waals surface area contributed by atoms with E-state index in [-0.39, 0.29) is 11.1 Å². The Morgan fingerprint density at radius 3 is 0.950 bits per heavy atom. The smallest absolute Gasteiger partial charge is 0.200 e.